The van der Waals surface area contributed by atoms with Gasteiger partial charge < -0.3 is 16.2 Å². The number of hydrogen-bond donors (Lipinski definition) is 2. The Morgan fingerprint density at radius 2 is 1.76 bits per heavy atom. The number of nitrogen functional groups attached to an aromatic ring is 2. The number of aryl methyl sites for hydroxylation is 2. The second-order valence-electron chi connectivity index (χ2n) is 4.80. The van der Waals surface area contributed by atoms with Crippen LogP contribution in [0, 0.1) is 13.8 Å². The van der Waals surface area contributed by atoms with Crippen LogP contribution in [-0.4, -0.2) is 22.3 Å². The lowest BCUT2D eigenvalue weighted by Crippen LogP contribution is -2.02. The maximum Gasteiger partial charge on any atom is 0.191 e. The van der Waals surface area contributed by atoms with E-state index in [1.807, 2.05) is 6.07 Å². The van der Waals surface area contributed by atoms with Crippen molar-refractivity contribution in [2.24, 2.45) is 0 Å². The summed E-state index contributed by atoms with van der Waals surface area (Å²) in [4.78, 5) is 8.24. The van der Waals surface area contributed by atoms with Gasteiger partial charge in [0.05, 0.1) is 6.61 Å². The van der Waals surface area contributed by atoms with Crippen LogP contribution in [-0.2, 0) is 0 Å². The first-order valence-electron chi connectivity index (χ1n) is 6.77. The molecule has 0 aliphatic rings. The molecule has 1 aromatic carbocycles. The van der Waals surface area contributed by atoms with Gasteiger partial charge in [-0.15, -0.1) is 0 Å². The Kier molecular flexibility index (Phi) is 5.27. The fourth-order valence-corrected chi connectivity index (χ4v) is 2.53. The minimum absolute atomic E-state index is 0.399. The van der Waals surface area contributed by atoms with Crippen molar-refractivity contribution >= 4 is 23.4 Å². The summed E-state index contributed by atoms with van der Waals surface area (Å²) in [6, 6.07) is 7.68. The highest BCUT2D eigenvalue weighted by Crippen LogP contribution is 2.19. The quantitative estimate of drug-likeness (QED) is 0.485. The summed E-state index contributed by atoms with van der Waals surface area (Å²) < 4.78 is 5.72. The number of anilines is 2. The summed E-state index contributed by atoms with van der Waals surface area (Å²) in [6.45, 7) is 4.83. The predicted molar refractivity (Wildman–Crippen MR) is 87.6 cm³/mol. The first-order valence-corrected chi connectivity index (χ1v) is 7.76. The van der Waals surface area contributed by atoms with Crippen LogP contribution in [0.1, 0.15) is 17.5 Å². The molecule has 0 atom stereocenters. The number of benzene rings is 1. The molecule has 0 amide bonds. The summed E-state index contributed by atoms with van der Waals surface area (Å²) in [6.07, 6.45) is 0.898. The highest BCUT2D eigenvalue weighted by Gasteiger charge is 2.02. The second-order valence-corrected chi connectivity index (χ2v) is 5.86. The fourth-order valence-electron chi connectivity index (χ4n) is 1.74. The minimum atomic E-state index is 0.399. The maximum atomic E-state index is 5.72. The average Bonchev–Trinajstić information content (AvgIpc) is 2.41. The molecule has 0 saturated carbocycles. The van der Waals surface area contributed by atoms with Gasteiger partial charge in [-0.1, -0.05) is 17.8 Å². The van der Waals surface area contributed by atoms with E-state index in [1.165, 1.54) is 22.9 Å². The van der Waals surface area contributed by atoms with E-state index in [-0.39, 0.29) is 0 Å². The summed E-state index contributed by atoms with van der Waals surface area (Å²) >= 11 is 1.53. The average molecular weight is 304 g/mol. The number of thioether (sulfide) groups is 1. The molecule has 0 unspecified atom stereocenters. The Labute approximate surface area is 129 Å². The van der Waals surface area contributed by atoms with Crippen LogP contribution < -0.4 is 16.2 Å². The van der Waals surface area contributed by atoms with E-state index in [9.17, 15) is 0 Å². The van der Waals surface area contributed by atoms with E-state index in [2.05, 4.69) is 35.9 Å². The van der Waals surface area contributed by atoms with Crippen molar-refractivity contribution in [2.45, 2.75) is 25.4 Å². The third-order valence-electron chi connectivity index (χ3n) is 3.01. The third-order valence-corrected chi connectivity index (χ3v) is 3.95. The largest absolute Gasteiger partial charge is 0.494 e. The van der Waals surface area contributed by atoms with Gasteiger partial charge in [0, 0.05) is 11.8 Å². The number of nitrogens with two attached hydrogens (primary N) is 2. The van der Waals surface area contributed by atoms with Crippen molar-refractivity contribution in [1.82, 2.24) is 9.97 Å². The number of aromatic nitrogens is 2. The molecule has 4 N–H and O–H groups in total. The highest BCUT2D eigenvalue weighted by atomic mass is 32.2. The lowest BCUT2D eigenvalue weighted by molar-refractivity contribution is 0.318. The Balaban J connectivity index is 1.73. The molecular weight excluding hydrogens is 284 g/mol. The summed E-state index contributed by atoms with van der Waals surface area (Å²) in [5.41, 5.74) is 13.8. The van der Waals surface area contributed by atoms with Crippen LogP contribution in [0.15, 0.2) is 29.4 Å². The molecule has 0 spiro atoms. The van der Waals surface area contributed by atoms with Crippen LogP contribution in [0.2, 0.25) is 0 Å². The molecule has 5 nitrogen and oxygen atoms in total. The molecule has 0 fully saturated rings. The lowest BCUT2D eigenvalue weighted by Gasteiger charge is -2.08. The smallest absolute Gasteiger partial charge is 0.191 e. The lowest BCUT2D eigenvalue weighted by atomic mass is 10.1. The van der Waals surface area contributed by atoms with E-state index in [1.54, 1.807) is 6.07 Å². The zero-order chi connectivity index (χ0) is 15.2. The van der Waals surface area contributed by atoms with Crippen LogP contribution in [0.25, 0.3) is 0 Å². The van der Waals surface area contributed by atoms with Crippen molar-refractivity contribution in [3.05, 3.63) is 35.4 Å². The molecule has 1 aromatic heterocycles. The topological polar surface area (TPSA) is 87.0 Å². The van der Waals surface area contributed by atoms with Gasteiger partial charge >= 0.3 is 0 Å². The Bertz CT molecular complexity index is 598. The molecule has 1 heterocycles. The standard InChI is InChI=1S/C15H20N4OS/c1-10-4-5-12(8-11(10)2)20-6-3-7-21-15-18-13(16)9-14(17)19-15/h4-5,8-9H,3,6-7H2,1-2H3,(H4,16,17,18,19). The maximum absolute atomic E-state index is 5.72. The first kappa shape index (κ1) is 15.4. The van der Waals surface area contributed by atoms with Crippen LogP contribution in [0.5, 0.6) is 5.75 Å². The van der Waals surface area contributed by atoms with Gasteiger partial charge in [0.1, 0.15) is 17.4 Å². The van der Waals surface area contributed by atoms with E-state index < -0.39 is 0 Å². The van der Waals surface area contributed by atoms with Crippen LogP contribution >= 0.6 is 11.8 Å². The second kappa shape index (κ2) is 7.17. The Morgan fingerprint density at radius 3 is 2.43 bits per heavy atom. The fraction of sp³-hybridized carbons (Fsp3) is 0.333. The van der Waals surface area contributed by atoms with Gasteiger partial charge in [-0.05, 0) is 43.5 Å². The van der Waals surface area contributed by atoms with Crippen molar-refractivity contribution in [1.29, 1.82) is 0 Å². The molecule has 0 aliphatic carbocycles. The van der Waals surface area contributed by atoms with Gasteiger partial charge in [-0.2, -0.15) is 0 Å². The van der Waals surface area contributed by atoms with Crippen molar-refractivity contribution in [2.75, 3.05) is 23.8 Å². The van der Waals surface area contributed by atoms with Gasteiger partial charge in [-0.3, -0.25) is 0 Å². The number of hydrogen-bond acceptors (Lipinski definition) is 6. The number of rotatable bonds is 6. The normalized spacial score (nSPS) is 10.6. The molecule has 112 valence electrons. The molecule has 21 heavy (non-hydrogen) atoms. The van der Waals surface area contributed by atoms with Crippen molar-refractivity contribution in [3.8, 4) is 5.75 Å². The predicted octanol–water partition coefficient (Wildman–Crippen LogP) is 2.82. The minimum Gasteiger partial charge on any atom is -0.494 e. The molecular formula is C15H20N4OS. The monoisotopic (exact) mass is 304 g/mol. The van der Waals surface area contributed by atoms with Crippen molar-refractivity contribution in [3.63, 3.8) is 0 Å². The van der Waals surface area contributed by atoms with E-state index in [4.69, 9.17) is 16.2 Å². The van der Waals surface area contributed by atoms with Crippen molar-refractivity contribution < 1.29 is 4.74 Å². The first-order chi connectivity index (χ1) is 10.0. The SMILES string of the molecule is Cc1ccc(OCCCSc2nc(N)cc(N)n2)cc1C. The number of ether oxygens (including phenoxy) is 1. The Hall–Kier alpha value is -1.95. The van der Waals surface area contributed by atoms with Gasteiger partial charge in [-0.25, -0.2) is 9.97 Å². The highest BCUT2D eigenvalue weighted by molar-refractivity contribution is 7.99. The zero-order valence-electron chi connectivity index (χ0n) is 12.3. The van der Waals surface area contributed by atoms with Gasteiger partial charge in [0.25, 0.3) is 0 Å². The summed E-state index contributed by atoms with van der Waals surface area (Å²) in [5.74, 6) is 2.56. The molecule has 0 radical (unpaired) electrons. The Morgan fingerprint density at radius 1 is 1.05 bits per heavy atom. The van der Waals surface area contributed by atoms with E-state index >= 15 is 0 Å². The van der Waals surface area contributed by atoms with Gasteiger partial charge in [0.2, 0.25) is 0 Å². The third kappa shape index (κ3) is 4.82. The molecule has 2 rings (SSSR count). The molecule has 0 saturated heterocycles. The van der Waals surface area contributed by atoms with E-state index in [0.717, 1.165) is 17.9 Å². The molecule has 6 heteroatoms. The zero-order valence-corrected chi connectivity index (χ0v) is 13.1. The molecule has 0 aliphatic heterocycles. The van der Waals surface area contributed by atoms with Crippen LogP contribution in [0.3, 0.4) is 0 Å². The van der Waals surface area contributed by atoms with E-state index in [0.29, 0.717) is 23.4 Å². The summed E-state index contributed by atoms with van der Waals surface area (Å²) in [7, 11) is 0. The molecule has 2 aromatic rings. The number of nitrogens with zero attached hydrogens (tertiary/aromatic N) is 2. The summed E-state index contributed by atoms with van der Waals surface area (Å²) in [5, 5.41) is 0.610. The van der Waals surface area contributed by atoms with Crippen LogP contribution in [0.4, 0.5) is 11.6 Å². The molecule has 0 bridgehead atoms. The van der Waals surface area contributed by atoms with Gasteiger partial charge in [0.15, 0.2) is 5.16 Å².